The third-order valence-corrected chi connectivity index (χ3v) is 2.98. The molecule has 0 heterocycles. The molecule has 2 rings (SSSR count). The van der Waals surface area contributed by atoms with Gasteiger partial charge in [-0.3, -0.25) is 0 Å². The molecule has 3 nitrogen and oxygen atoms in total. The number of ether oxygens (including phenoxy) is 2. The molecule has 0 aliphatic heterocycles. The van der Waals surface area contributed by atoms with Crippen molar-refractivity contribution in [3.8, 4) is 11.5 Å². The van der Waals surface area contributed by atoms with Crippen LogP contribution in [0, 0.1) is 11.6 Å². The molecule has 2 aromatic carbocycles. The lowest BCUT2D eigenvalue weighted by molar-refractivity contribution is 0.393. The molecule has 5 heteroatoms. The monoisotopic (exact) mass is 279 g/mol. The Morgan fingerprint density at radius 3 is 1.70 bits per heavy atom. The van der Waals surface area contributed by atoms with Crippen LogP contribution >= 0.6 is 0 Å². The molecule has 0 aromatic heterocycles. The largest absolute Gasteiger partial charge is 0.497 e. The Morgan fingerprint density at radius 2 is 1.25 bits per heavy atom. The third kappa shape index (κ3) is 3.05. The first kappa shape index (κ1) is 14.3. The fourth-order valence-corrected chi connectivity index (χ4v) is 1.96. The average Bonchev–Trinajstić information content (AvgIpc) is 2.44. The molecule has 0 bridgehead atoms. The summed E-state index contributed by atoms with van der Waals surface area (Å²) in [5.74, 6) is -0.200. The van der Waals surface area contributed by atoms with Gasteiger partial charge in [-0.15, -0.1) is 0 Å². The highest BCUT2D eigenvalue weighted by molar-refractivity contribution is 5.43. The van der Waals surface area contributed by atoms with E-state index in [0.29, 0.717) is 22.6 Å². The quantitative estimate of drug-likeness (QED) is 0.935. The molecule has 0 saturated carbocycles. The summed E-state index contributed by atoms with van der Waals surface area (Å²) in [6.07, 6.45) is 0. The molecule has 1 atom stereocenters. The number of benzene rings is 2. The van der Waals surface area contributed by atoms with Crippen LogP contribution in [0.4, 0.5) is 8.78 Å². The van der Waals surface area contributed by atoms with Crippen LogP contribution in [-0.2, 0) is 0 Å². The predicted octanol–water partition coefficient (Wildman–Crippen LogP) is 3.03. The van der Waals surface area contributed by atoms with Gasteiger partial charge in [0.15, 0.2) is 0 Å². The summed E-state index contributed by atoms with van der Waals surface area (Å²) in [6.45, 7) is 0. The zero-order valence-corrected chi connectivity index (χ0v) is 11.2. The van der Waals surface area contributed by atoms with Gasteiger partial charge in [-0.1, -0.05) is 0 Å². The van der Waals surface area contributed by atoms with Gasteiger partial charge in [0.2, 0.25) is 0 Å². The molecular formula is C15H15F2NO2. The van der Waals surface area contributed by atoms with Crippen molar-refractivity contribution in [1.82, 2.24) is 0 Å². The Hall–Kier alpha value is -2.14. The predicted molar refractivity (Wildman–Crippen MR) is 71.9 cm³/mol. The highest BCUT2D eigenvalue weighted by atomic mass is 19.1. The summed E-state index contributed by atoms with van der Waals surface area (Å²) < 4.78 is 36.8. The SMILES string of the molecule is COc1cc(OC)cc(C(N)c2cc(F)cc(F)c2)c1. The second-order valence-electron chi connectivity index (χ2n) is 4.33. The normalized spacial score (nSPS) is 12.1. The van der Waals surface area contributed by atoms with E-state index >= 15 is 0 Å². The zero-order chi connectivity index (χ0) is 14.7. The lowest BCUT2D eigenvalue weighted by Crippen LogP contribution is -2.13. The van der Waals surface area contributed by atoms with Gasteiger partial charge in [0.25, 0.3) is 0 Å². The first-order chi connectivity index (χ1) is 9.53. The minimum Gasteiger partial charge on any atom is -0.497 e. The third-order valence-electron chi connectivity index (χ3n) is 2.98. The van der Waals surface area contributed by atoms with E-state index < -0.39 is 17.7 Å². The Kier molecular flexibility index (Phi) is 4.20. The topological polar surface area (TPSA) is 44.5 Å². The van der Waals surface area contributed by atoms with Crippen LogP contribution in [0.25, 0.3) is 0 Å². The first-order valence-electron chi connectivity index (χ1n) is 5.98. The molecule has 2 N–H and O–H groups in total. The number of hydrogen-bond donors (Lipinski definition) is 1. The van der Waals surface area contributed by atoms with Gasteiger partial charge in [0.1, 0.15) is 23.1 Å². The number of rotatable bonds is 4. The van der Waals surface area contributed by atoms with Crippen molar-refractivity contribution in [2.24, 2.45) is 5.73 Å². The second-order valence-corrected chi connectivity index (χ2v) is 4.33. The minimum absolute atomic E-state index is 0.345. The van der Waals surface area contributed by atoms with Crippen LogP contribution in [0.2, 0.25) is 0 Å². The molecule has 0 amide bonds. The van der Waals surface area contributed by atoms with Crippen LogP contribution in [0.3, 0.4) is 0 Å². The summed E-state index contributed by atoms with van der Waals surface area (Å²) in [6, 6.07) is 7.65. The zero-order valence-electron chi connectivity index (χ0n) is 11.2. The van der Waals surface area contributed by atoms with Crippen molar-refractivity contribution in [1.29, 1.82) is 0 Å². The van der Waals surface area contributed by atoms with Gasteiger partial charge in [0.05, 0.1) is 20.3 Å². The summed E-state index contributed by atoms with van der Waals surface area (Å²) in [7, 11) is 3.04. The molecule has 106 valence electrons. The minimum atomic E-state index is -0.677. The van der Waals surface area contributed by atoms with Crippen molar-refractivity contribution in [2.75, 3.05) is 14.2 Å². The Balaban J connectivity index is 2.43. The highest BCUT2D eigenvalue weighted by Crippen LogP contribution is 2.29. The van der Waals surface area contributed by atoms with E-state index in [1.54, 1.807) is 18.2 Å². The summed E-state index contributed by atoms with van der Waals surface area (Å²) in [5.41, 5.74) is 7.05. The molecular weight excluding hydrogens is 264 g/mol. The van der Waals surface area contributed by atoms with Gasteiger partial charge in [0, 0.05) is 12.1 Å². The standard InChI is InChI=1S/C15H15F2NO2/c1-19-13-5-10(6-14(8-13)20-2)15(18)9-3-11(16)7-12(17)4-9/h3-8,15H,18H2,1-2H3. The smallest absolute Gasteiger partial charge is 0.126 e. The molecule has 1 unspecified atom stereocenters. The summed E-state index contributed by atoms with van der Waals surface area (Å²) in [5, 5.41) is 0. The summed E-state index contributed by atoms with van der Waals surface area (Å²) >= 11 is 0. The molecule has 0 aliphatic rings. The van der Waals surface area contributed by atoms with Gasteiger partial charge >= 0.3 is 0 Å². The lowest BCUT2D eigenvalue weighted by Gasteiger charge is -2.15. The van der Waals surface area contributed by atoms with Crippen molar-refractivity contribution >= 4 is 0 Å². The lowest BCUT2D eigenvalue weighted by atomic mass is 9.99. The Labute approximate surface area is 115 Å². The van der Waals surface area contributed by atoms with Crippen molar-refractivity contribution in [3.05, 3.63) is 59.2 Å². The van der Waals surface area contributed by atoms with E-state index in [1.165, 1.54) is 26.4 Å². The van der Waals surface area contributed by atoms with Crippen LogP contribution < -0.4 is 15.2 Å². The van der Waals surface area contributed by atoms with E-state index in [2.05, 4.69) is 0 Å². The van der Waals surface area contributed by atoms with Crippen LogP contribution in [0.5, 0.6) is 11.5 Å². The van der Waals surface area contributed by atoms with Crippen LogP contribution in [0.15, 0.2) is 36.4 Å². The van der Waals surface area contributed by atoms with Crippen LogP contribution in [0.1, 0.15) is 17.2 Å². The molecule has 0 radical (unpaired) electrons. The fraction of sp³-hybridized carbons (Fsp3) is 0.200. The molecule has 0 saturated heterocycles. The Bertz CT molecular complexity index is 574. The average molecular weight is 279 g/mol. The van der Waals surface area contributed by atoms with Gasteiger partial charge in [-0.25, -0.2) is 8.78 Å². The second kappa shape index (κ2) is 5.88. The van der Waals surface area contributed by atoms with Gasteiger partial charge in [-0.2, -0.15) is 0 Å². The number of methoxy groups -OCH3 is 2. The van der Waals surface area contributed by atoms with Crippen LogP contribution in [-0.4, -0.2) is 14.2 Å². The van der Waals surface area contributed by atoms with E-state index in [1.807, 2.05) is 0 Å². The maximum absolute atomic E-state index is 13.3. The van der Waals surface area contributed by atoms with Gasteiger partial charge in [-0.05, 0) is 35.4 Å². The maximum atomic E-state index is 13.3. The van der Waals surface area contributed by atoms with E-state index in [0.717, 1.165) is 6.07 Å². The maximum Gasteiger partial charge on any atom is 0.126 e. The summed E-state index contributed by atoms with van der Waals surface area (Å²) in [4.78, 5) is 0. The van der Waals surface area contributed by atoms with Crippen molar-refractivity contribution < 1.29 is 18.3 Å². The van der Waals surface area contributed by atoms with Crippen molar-refractivity contribution in [2.45, 2.75) is 6.04 Å². The molecule has 0 fully saturated rings. The number of hydrogen-bond acceptors (Lipinski definition) is 3. The molecule has 20 heavy (non-hydrogen) atoms. The molecule has 2 aromatic rings. The van der Waals surface area contributed by atoms with Gasteiger partial charge < -0.3 is 15.2 Å². The van der Waals surface area contributed by atoms with Crippen molar-refractivity contribution in [3.63, 3.8) is 0 Å². The van der Waals surface area contributed by atoms with E-state index in [9.17, 15) is 8.78 Å². The highest BCUT2D eigenvalue weighted by Gasteiger charge is 2.14. The Morgan fingerprint density at radius 1 is 0.800 bits per heavy atom. The first-order valence-corrected chi connectivity index (χ1v) is 5.98. The number of halogens is 2. The molecule has 0 spiro atoms. The van der Waals surface area contributed by atoms with E-state index in [-0.39, 0.29) is 0 Å². The molecule has 0 aliphatic carbocycles. The van der Waals surface area contributed by atoms with E-state index in [4.69, 9.17) is 15.2 Å². The number of nitrogens with two attached hydrogens (primary N) is 1. The fourth-order valence-electron chi connectivity index (χ4n) is 1.96.